The third-order valence-electron chi connectivity index (χ3n) is 3.89. The third-order valence-corrected chi connectivity index (χ3v) is 3.89. The normalized spacial score (nSPS) is 20.1. The molecule has 0 aliphatic carbocycles. The predicted octanol–water partition coefficient (Wildman–Crippen LogP) is 5.13. The summed E-state index contributed by atoms with van der Waals surface area (Å²) in [4.78, 5) is 0. The lowest BCUT2D eigenvalue weighted by molar-refractivity contribution is 0.277. The van der Waals surface area contributed by atoms with Gasteiger partial charge in [0.25, 0.3) is 0 Å². The fourth-order valence-corrected chi connectivity index (χ4v) is 2.22. The van der Waals surface area contributed by atoms with Gasteiger partial charge in [-0.25, -0.2) is 0 Å². The summed E-state index contributed by atoms with van der Waals surface area (Å²) in [5.41, 5.74) is 0. The maximum absolute atomic E-state index is 2.42. The second-order valence-corrected chi connectivity index (χ2v) is 5.45. The van der Waals surface area contributed by atoms with Gasteiger partial charge in [0.05, 0.1) is 0 Å². The predicted molar refractivity (Wildman–Crippen MR) is 66.5 cm³/mol. The first kappa shape index (κ1) is 14.0. The molecule has 0 spiro atoms. The summed E-state index contributed by atoms with van der Waals surface area (Å²) < 4.78 is 0. The molecule has 0 aromatic carbocycles. The summed E-state index contributed by atoms with van der Waals surface area (Å²) in [6.07, 6.45) is 5.50. The Morgan fingerprint density at radius 2 is 1.21 bits per heavy atom. The van der Waals surface area contributed by atoms with Crippen molar-refractivity contribution in [2.24, 2.45) is 23.7 Å². The maximum atomic E-state index is 2.42. The Balaban J connectivity index is 3.75. The van der Waals surface area contributed by atoms with Crippen molar-refractivity contribution >= 4 is 0 Å². The Hall–Kier alpha value is 0. The van der Waals surface area contributed by atoms with Gasteiger partial charge in [-0.2, -0.15) is 0 Å². The molecule has 0 aromatic heterocycles. The molecule has 0 saturated carbocycles. The van der Waals surface area contributed by atoms with Gasteiger partial charge < -0.3 is 0 Å². The van der Waals surface area contributed by atoms with Crippen molar-refractivity contribution in [3.63, 3.8) is 0 Å². The minimum absolute atomic E-state index is 0.898. The molecule has 4 unspecified atom stereocenters. The van der Waals surface area contributed by atoms with Crippen molar-refractivity contribution in [2.75, 3.05) is 0 Å². The summed E-state index contributed by atoms with van der Waals surface area (Å²) in [5, 5.41) is 0. The van der Waals surface area contributed by atoms with Crippen LogP contribution < -0.4 is 0 Å². The van der Waals surface area contributed by atoms with Crippen LogP contribution in [0.2, 0.25) is 0 Å². The van der Waals surface area contributed by atoms with Crippen molar-refractivity contribution in [3.8, 4) is 0 Å². The molecular formula is C14H30. The molecule has 0 rings (SSSR count). The molecule has 4 atom stereocenters. The van der Waals surface area contributed by atoms with Crippen LogP contribution in [0, 0.1) is 23.7 Å². The average molecular weight is 198 g/mol. The monoisotopic (exact) mass is 198 g/mol. The van der Waals surface area contributed by atoms with Gasteiger partial charge >= 0.3 is 0 Å². The summed E-state index contributed by atoms with van der Waals surface area (Å²) in [7, 11) is 0. The topological polar surface area (TPSA) is 0 Å². The van der Waals surface area contributed by atoms with E-state index in [4.69, 9.17) is 0 Å². The molecule has 0 aliphatic heterocycles. The highest BCUT2D eigenvalue weighted by Crippen LogP contribution is 2.26. The van der Waals surface area contributed by atoms with Crippen molar-refractivity contribution in [1.29, 1.82) is 0 Å². The first-order valence-electron chi connectivity index (χ1n) is 6.51. The Labute approximate surface area is 91.5 Å². The quantitative estimate of drug-likeness (QED) is 0.532. The van der Waals surface area contributed by atoms with E-state index in [1.165, 1.54) is 25.7 Å². The van der Waals surface area contributed by atoms with Gasteiger partial charge in [0.1, 0.15) is 0 Å². The van der Waals surface area contributed by atoms with Gasteiger partial charge in [-0.1, -0.05) is 54.4 Å². The van der Waals surface area contributed by atoms with Crippen LogP contribution in [0.3, 0.4) is 0 Å². The summed E-state index contributed by atoms with van der Waals surface area (Å²) in [6.45, 7) is 14.2. The highest BCUT2D eigenvalue weighted by Gasteiger charge is 2.15. The van der Waals surface area contributed by atoms with Gasteiger partial charge in [-0.3, -0.25) is 0 Å². The average Bonchev–Trinajstić information content (AvgIpc) is 2.15. The van der Waals surface area contributed by atoms with Crippen LogP contribution in [0.15, 0.2) is 0 Å². The molecule has 0 nitrogen and oxygen atoms in total. The molecule has 0 saturated heterocycles. The van der Waals surface area contributed by atoms with E-state index < -0.39 is 0 Å². The van der Waals surface area contributed by atoms with Crippen molar-refractivity contribution in [1.82, 2.24) is 0 Å². The highest BCUT2D eigenvalue weighted by molar-refractivity contribution is 4.66. The number of rotatable bonds is 7. The van der Waals surface area contributed by atoms with E-state index in [9.17, 15) is 0 Å². The first-order valence-corrected chi connectivity index (χ1v) is 6.51. The molecule has 0 heteroatoms. The molecule has 86 valence electrons. The zero-order valence-electron chi connectivity index (χ0n) is 11.1. The lowest BCUT2D eigenvalue weighted by atomic mass is 9.82. The van der Waals surface area contributed by atoms with E-state index >= 15 is 0 Å². The molecule has 0 aliphatic rings. The van der Waals surface area contributed by atoms with E-state index in [1.807, 2.05) is 0 Å². The smallest absolute Gasteiger partial charge is 0.0415 e. The van der Waals surface area contributed by atoms with Crippen LogP contribution in [0.4, 0.5) is 0 Å². The van der Waals surface area contributed by atoms with Gasteiger partial charge in [-0.15, -0.1) is 0 Å². The van der Waals surface area contributed by atoms with Gasteiger partial charge in [-0.05, 0) is 36.5 Å². The minimum Gasteiger partial charge on any atom is -0.0651 e. The molecule has 0 bridgehead atoms. The number of hydrogen-bond acceptors (Lipinski definition) is 0. The summed E-state index contributed by atoms with van der Waals surface area (Å²) in [5.74, 6) is 3.62. The zero-order chi connectivity index (χ0) is 11.1. The van der Waals surface area contributed by atoms with Crippen LogP contribution >= 0.6 is 0 Å². The van der Waals surface area contributed by atoms with Gasteiger partial charge in [0.15, 0.2) is 0 Å². The lowest BCUT2D eigenvalue weighted by Crippen LogP contribution is -2.13. The van der Waals surface area contributed by atoms with Crippen LogP contribution in [0.25, 0.3) is 0 Å². The fourth-order valence-electron chi connectivity index (χ4n) is 2.22. The largest absolute Gasteiger partial charge is 0.0651 e. The van der Waals surface area contributed by atoms with E-state index in [0.717, 1.165) is 23.7 Å². The molecule has 0 fully saturated rings. The molecule has 14 heavy (non-hydrogen) atoms. The standard InChI is InChI=1S/C14H30/c1-7-11(3)9-12(4)10-14(6)13(5)8-2/h11-14H,7-10H2,1-6H3. The zero-order valence-corrected chi connectivity index (χ0v) is 11.1. The van der Waals surface area contributed by atoms with Crippen LogP contribution in [0.5, 0.6) is 0 Å². The second kappa shape index (κ2) is 7.31. The molecule has 0 amide bonds. The van der Waals surface area contributed by atoms with E-state index in [1.54, 1.807) is 0 Å². The Morgan fingerprint density at radius 1 is 0.643 bits per heavy atom. The fraction of sp³-hybridized carbons (Fsp3) is 1.00. The number of hydrogen-bond donors (Lipinski definition) is 0. The van der Waals surface area contributed by atoms with Crippen LogP contribution in [-0.2, 0) is 0 Å². The van der Waals surface area contributed by atoms with Crippen LogP contribution in [0.1, 0.15) is 67.2 Å². The Morgan fingerprint density at radius 3 is 1.64 bits per heavy atom. The van der Waals surface area contributed by atoms with Crippen molar-refractivity contribution < 1.29 is 0 Å². The van der Waals surface area contributed by atoms with Crippen LogP contribution in [-0.4, -0.2) is 0 Å². The Bertz CT molecular complexity index is 128. The first-order chi connectivity index (χ1) is 6.51. The van der Waals surface area contributed by atoms with E-state index in [0.29, 0.717) is 0 Å². The van der Waals surface area contributed by atoms with E-state index in [-0.39, 0.29) is 0 Å². The third kappa shape index (κ3) is 5.67. The highest BCUT2D eigenvalue weighted by atomic mass is 14.2. The second-order valence-electron chi connectivity index (χ2n) is 5.45. The lowest BCUT2D eigenvalue weighted by Gasteiger charge is -2.23. The Kier molecular flexibility index (Phi) is 7.31. The molecule has 0 N–H and O–H groups in total. The van der Waals surface area contributed by atoms with Crippen molar-refractivity contribution in [2.45, 2.75) is 67.2 Å². The minimum atomic E-state index is 0.898. The summed E-state index contributed by atoms with van der Waals surface area (Å²) >= 11 is 0. The molecule has 0 aromatic rings. The SMILES string of the molecule is CCC(C)CC(C)CC(C)C(C)CC. The molecular weight excluding hydrogens is 168 g/mol. The van der Waals surface area contributed by atoms with Crippen molar-refractivity contribution in [3.05, 3.63) is 0 Å². The van der Waals surface area contributed by atoms with Gasteiger partial charge in [0.2, 0.25) is 0 Å². The maximum Gasteiger partial charge on any atom is -0.0415 e. The van der Waals surface area contributed by atoms with E-state index in [2.05, 4.69) is 41.5 Å². The summed E-state index contributed by atoms with van der Waals surface area (Å²) in [6, 6.07) is 0. The van der Waals surface area contributed by atoms with Gasteiger partial charge in [0, 0.05) is 0 Å². The molecule has 0 radical (unpaired) electrons. The molecule has 0 heterocycles.